The van der Waals surface area contributed by atoms with Gasteiger partial charge in [-0.3, -0.25) is 4.79 Å². The second kappa shape index (κ2) is 2.95. The second-order valence-electron chi connectivity index (χ2n) is 2.68. The normalized spacial score (nSPS) is 10.3. The zero-order valence-electron chi connectivity index (χ0n) is 6.93. The summed E-state index contributed by atoms with van der Waals surface area (Å²) in [7, 11) is 0. The third-order valence-corrected chi connectivity index (χ3v) is 1.76. The molecule has 2 rings (SSSR count). The Morgan fingerprint density at radius 1 is 1.50 bits per heavy atom. The topological polar surface area (TPSA) is 80.4 Å². The van der Waals surface area contributed by atoms with Crippen LogP contribution < -0.4 is 0 Å². The van der Waals surface area contributed by atoms with Crippen molar-refractivity contribution in [3.63, 3.8) is 0 Å². The average molecular weight is 191 g/mol. The van der Waals surface area contributed by atoms with Crippen LogP contribution >= 0.6 is 0 Å². The molecule has 0 fully saturated rings. The van der Waals surface area contributed by atoms with E-state index in [9.17, 15) is 9.59 Å². The number of carbonyl (C=O) groups excluding carboxylic acids is 1. The molecule has 0 atom stereocenters. The molecule has 14 heavy (non-hydrogen) atoms. The minimum Gasteiger partial charge on any atom is -0.477 e. The van der Waals surface area contributed by atoms with Crippen molar-refractivity contribution in [2.75, 3.05) is 0 Å². The van der Waals surface area contributed by atoms with Crippen molar-refractivity contribution < 1.29 is 19.1 Å². The van der Waals surface area contributed by atoms with Gasteiger partial charge in [-0.1, -0.05) is 0 Å². The standard InChI is InChI=1S/C9H5NO4/c11-4-6-1-5-2-7(9(12)13)10-3-8(5)14-6/h1-4H,(H,12,13). The molecule has 5 nitrogen and oxygen atoms in total. The molecule has 0 aliphatic rings. The van der Waals surface area contributed by atoms with E-state index in [-0.39, 0.29) is 11.5 Å². The number of nitrogens with zero attached hydrogens (tertiary/aromatic N) is 1. The van der Waals surface area contributed by atoms with E-state index >= 15 is 0 Å². The van der Waals surface area contributed by atoms with Crippen LogP contribution in [0.2, 0.25) is 0 Å². The fourth-order valence-electron chi connectivity index (χ4n) is 1.14. The van der Waals surface area contributed by atoms with Gasteiger partial charge in [0.1, 0.15) is 5.69 Å². The molecule has 0 unspecified atom stereocenters. The van der Waals surface area contributed by atoms with Crippen LogP contribution in [-0.4, -0.2) is 22.3 Å². The van der Waals surface area contributed by atoms with Crippen LogP contribution in [0.1, 0.15) is 21.0 Å². The quantitative estimate of drug-likeness (QED) is 0.724. The highest BCUT2D eigenvalue weighted by molar-refractivity contribution is 5.92. The van der Waals surface area contributed by atoms with Gasteiger partial charge < -0.3 is 9.52 Å². The summed E-state index contributed by atoms with van der Waals surface area (Å²) in [6.45, 7) is 0. The van der Waals surface area contributed by atoms with Crippen molar-refractivity contribution in [2.45, 2.75) is 0 Å². The molecular formula is C9H5NO4. The third-order valence-electron chi connectivity index (χ3n) is 1.76. The zero-order chi connectivity index (χ0) is 10.1. The lowest BCUT2D eigenvalue weighted by molar-refractivity contribution is 0.0690. The van der Waals surface area contributed by atoms with Crippen molar-refractivity contribution in [3.8, 4) is 0 Å². The summed E-state index contributed by atoms with van der Waals surface area (Å²) in [5.74, 6) is -0.954. The van der Waals surface area contributed by atoms with Gasteiger partial charge in [0.2, 0.25) is 0 Å². The van der Waals surface area contributed by atoms with E-state index in [0.29, 0.717) is 17.3 Å². The molecule has 0 bridgehead atoms. The lowest BCUT2D eigenvalue weighted by Gasteiger charge is -1.91. The molecule has 2 heterocycles. The second-order valence-corrected chi connectivity index (χ2v) is 2.68. The van der Waals surface area contributed by atoms with Crippen molar-refractivity contribution >= 4 is 23.2 Å². The maximum absolute atomic E-state index is 10.6. The van der Waals surface area contributed by atoms with Gasteiger partial charge >= 0.3 is 5.97 Å². The molecule has 0 aromatic carbocycles. The number of furan rings is 1. The Labute approximate surface area is 78.0 Å². The van der Waals surface area contributed by atoms with Gasteiger partial charge in [-0.05, 0) is 12.1 Å². The van der Waals surface area contributed by atoms with Gasteiger partial charge in [-0.25, -0.2) is 9.78 Å². The summed E-state index contributed by atoms with van der Waals surface area (Å²) in [6, 6.07) is 2.82. The monoisotopic (exact) mass is 191 g/mol. The zero-order valence-corrected chi connectivity index (χ0v) is 6.93. The molecular weight excluding hydrogens is 186 g/mol. The van der Waals surface area contributed by atoms with Gasteiger partial charge in [-0.15, -0.1) is 0 Å². The van der Waals surface area contributed by atoms with Gasteiger partial charge in [0.15, 0.2) is 17.6 Å². The van der Waals surface area contributed by atoms with Crippen LogP contribution in [0.15, 0.2) is 22.7 Å². The molecule has 2 aromatic rings. The Morgan fingerprint density at radius 2 is 2.29 bits per heavy atom. The Bertz CT molecular complexity index is 515. The largest absolute Gasteiger partial charge is 0.477 e. The van der Waals surface area contributed by atoms with Crippen molar-refractivity contribution in [1.29, 1.82) is 0 Å². The number of carbonyl (C=O) groups is 2. The summed E-state index contributed by atoms with van der Waals surface area (Å²) in [6.07, 6.45) is 1.84. The first kappa shape index (κ1) is 8.43. The van der Waals surface area contributed by atoms with Crippen LogP contribution in [0.3, 0.4) is 0 Å². The van der Waals surface area contributed by atoms with Gasteiger partial charge in [0.25, 0.3) is 0 Å². The summed E-state index contributed by atoms with van der Waals surface area (Å²) in [5.41, 5.74) is 0.327. The van der Waals surface area contributed by atoms with Crippen molar-refractivity contribution in [2.24, 2.45) is 0 Å². The number of rotatable bonds is 2. The Morgan fingerprint density at radius 3 is 2.93 bits per heavy atom. The summed E-state index contributed by atoms with van der Waals surface area (Å²) in [4.78, 5) is 24.6. The first-order valence-electron chi connectivity index (χ1n) is 3.79. The van der Waals surface area contributed by atoms with E-state index in [1.807, 2.05) is 0 Å². The Hall–Kier alpha value is -2.17. The molecule has 1 N–H and O–H groups in total. The number of aromatic nitrogens is 1. The van der Waals surface area contributed by atoms with E-state index in [0.717, 1.165) is 0 Å². The number of aldehydes is 1. The Balaban J connectivity index is 2.65. The maximum atomic E-state index is 10.6. The molecule has 0 radical (unpaired) electrons. The van der Waals surface area contributed by atoms with Crippen LogP contribution in [-0.2, 0) is 0 Å². The fourth-order valence-corrected chi connectivity index (χ4v) is 1.14. The first-order valence-corrected chi connectivity index (χ1v) is 3.79. The van der Waals surface area contributed by atoms with Gasteiger partial charge in [0, 0.05) is 5.39 Å². The average Bonchev–Trinajstić information content (AvgIpc) is 2.58. The smallest absolute Gasteiger partial charge is 0.354 e. The van der Waals surface area contributed by atoms with Crippen LogP contribution in [0, 0.1) is 0 Å². The third kappa shape index (κ3) is 1.24. The number of carboxylic acid groups (broad SMARTS) is 1. The summed E-state index contributed by atoms with van der Waals surface area (Å²) in [5, 5.41) is 9.20. The molecule has 0 saturated heterocycles. The minimum absolute atomic E-state index is 0.0734. The van der Waals surface area contributed by atoms with E-state index in [1.165, 1.54) is 18.3 Å². The van der Waals surface area contributed by atoms with E-state index < -0.39 is 5.97 Å². The van der Waals surface area contributed by atoms with Crippen molar-refractivity contribution in [3.05, 3.63) is 29.8 Å². The van der Waals surface area contributed by atoms with Gasteiger partial charge in [0.05, 0.1) is 6.20 Å². The Kier molecular flexibility index (Phi) is 1.78. The highest BCUT2D eigenvalue weighted by atomic mass is 16.4. The summed E-state index contributed by atoms with van der Waals surface area (Å²) >= 11 is 0. The highest BCUT2D eigenvalue weighted by Crippen LogP contribution is 2.17. The van der Waals surface area contributed by atoms with E-state index in [2.05, 4.69) is 4.98 Å². The number of hydrogen-bond donors (Lipinski definition) is 1. The molecule has 0 spiro atoms. The van der Waals surface area contributed by atoms with Crippen LogP contribution in [0.4, 0.5) is 0 Å². The predicted octanol–water partition coefficient (Wildman–Crippen LogP) is 1.34. The number of aromatic carboxylic acids is 1. The minimum atomic E-state index is -1.11. The fraction of sp³-hybridized carbons (Fsp3) is 0. The molecule has 2 aromatic heterocycles. The number of pyridine rings is 1. The predicted molar refractivity (Wildman–Crippen MR) is 46.4 cm³/mol. The van der Waals surface area contributed by atoms with Crippen molar-refractivity contribution in [1.82, 2.24) is 4.98 Å². The molecule has 5 heteroatoms. The van der Waals surface area contributed by atoms with E-state index in [4.69, 9.17) is 9.52 Å². The van der Waals surface area contributed by atoms with Crippen LogP contribution in [0.25, 0.3) is 11.0 Å². The summed E-state index contributed by atoms with van der Waals surface area (Å²) < 4.78 is 5.03. The lowest BCUT2D eigenvalue weighted by Crippen LogP contribution is -1.98. The number of carboxylic acids is 1. The molecule has 0 saturated carbocycles. The van der Waals surface area contributed by atoms with Crippen LogP contribution in [0.5, 0.6) is 0 Å². The van der Waals surface area contributed by atoms with Gasteiger partial charge in [-0.2, -0.15) is 0 Å². The lowest BCUT2D eigenvalue weighted by atomic mass is 10.2. The maximum Gasteiger partial charge on any atom is 0.354 e. The number of fused-ring (bicyclic) bond motifs is 1. The molecule has 70 valence electrons. The SMILES string of the molecule is O=Cc1cc2cc(C(=O)O)ncc2o1. The molecule has 0 aliphatic carbocycles. The first-order chi connectivity index (χ1) is 6.70. The number of hydrogen-bond acceptors (Lipinski definition) is 4. The van der Waals surface area contributed by atoms with E-state index in [1.54, 1.807) is 0 Å². The molecule has 0 amide bonds. The highest BCUT2D eigenvalue weighted by Gasteiger charge is 2.08. The molecule has 0 aliphatic heterocycles.